The van der Waals surface area contributed by atoms with E-state index in [1.165, 1.54) is 30.2 Å². The number of rotatable bonds is 4. The molecule has 0 amide bonds. The predicted molar refractivity (Wildman–Crippen MR) is 70.3 cm³/mol. The highest BCUT2D eigenvalue weighted by Crippen LogP contribution is 2.32. The number of nitrogens with one attached hydrogen (secondary N) is 1. The number of halogens is 1. The Balaban J connectivity index is 1.77. The highest BCUT2D eigenvalue weighted by Gasteiger charge is 2.17. The van der Waals surface area contributed by atoms with Crippen molar-refractivity contribution in [1.29, 1.82) is 0 Å². The van der Waals surface area contributed by atoms with Gasteiger partial charge in [0.2, 0.25) is 11.8 Å². The van der Waals surface area contributed by atoms with Crippen LogP contribution in [0, 0.1) is 5.82 Å². The Morgan fingerprint density at radius 1 is 1.25 bits per heavy atom. The van der Waals surface area contributed by atoms with Gasteiger partial charge in [0.25, 0.3) is 0 Å². The first kappa shape index (κ1) is 12.8. The molecule has 0 unspecified atom stereocenters. The molecule has 0 aliphatic carbocycles. The van der Waals surface area contributed by atoms with Crippen molar-refractivity contribution in [3.63, 3.8) is 0 Å². The molecule has 2 heterocycles. The van der Waals surface area contributed by atoms with Gasteiger partial charge in [-0.05, 0) is 31.2 Å². The smallest absolute Gasteiger partial charge is 0.247 e. The molecule has 1 aromatic carbocycles. The van der Waals surface area contributed by atoms with E-state index in [0.717, 1.165) is 0 Å². The molecule has 0 saturated heterocycles. The maximum atomic E-state index is 12.9. The summed E-state index contributed by atoms with van der Waals surface area (Å²) in [6.45, 7) is 1.93. The van der Waals surface area contributed by atoms with Crippen molar-refractivity contribution in [2.45, 2.75) is 17.3 Å². The Morgan fingerprint density at radius 3 is 2.75 bits per heavy atom. The van der Waals surface area contributed by atoms with Crippen LogP contribution < -0.4 is 0 Å². The zero-order valence-corrected chi connectivity index (χ0v) is 11.3. The second-order valence-corrected chi connectivity index (χ2v) is 5.33. The largest absolute Gasteiger partial charge is 0.419 e. The van der Waals surface area contributed by atoms with Crippen LogP contribution >= 0.6 is 11.8 Å². The molecule has 0 spiro atoms. The van der Waals surface area contributed by atoms with E-state index < -0.39 is 0 Å². The van der Waals surface area contributed by atoms with Crippen LogP contribution in [0.4, 0.5) is 4.39 Å². The number of H-pyrrole nitrogens is 1. The molecule has 1 N–H and O–H groups in total. The minimum Gasteiger partial charge on any atom is -0.419 e. The number of benzene rings is 1. The lowest BCUT2D eigenvalue weighted by Gasteiger charge is -2.02. The summed E-state index contributed by atoms with van der Waals surface area (Å²) in [5.41, 5.74) is 0.682. The normalized spacial score (nSPS) is 12.5. The van der Waals surface area contributed by atoms with Crippen LogP contribution in [-0.4, -0.2) is 25.4 Å². The Labute approximate surface area is 117 Å². The fourth-order valence-electron chi connectivity index (χ4n) is 1.58. The van der Waals surface area contributed by atoms with Gasteiger partial charge in [-0.2, -0.15) is 5.10 Å². The molecule has 0 saturated carbocycles. The molecule has 0 aliphatic rings. The number of hydrogen-bond acceptors (Lipinski definition) is 6. The molecule has 0 fully saturated rings. The summed E-state index contributed by atoms with van der Waals surface area (Å²) < 4.78 is 18.5. The average Bonchev–Trinajstić information content (AvgIpc) is 3.10. The first-order chi connectivity index (χ1) is 9.72. The summed E-state index contributed by atoms with van der Waals surface area (Å²) in [6.07, 6.45) is 1.44. The second-order valence-electron chi connectivity index (χ2n) is 4.00. The van der Waals surface area contributed by atoms with Crippen LogP contribution in [0.1, 0.15) is 18.1 Å². The summed E-state index contributed by atoms with van der Waals surface area (Å²) in [5, 5.41) is 15.1. The van der Waals surface area contributed by atoms with Gasteiger partial charge in [0.15, 0.2) is 5.16 Å². The van der Waals surface area contributed by atoms with E-state index >= 15 is 0 Å². The molecule has 102 valence electrons. The van der Waals surface area contributed by atoms with Crippen LogP contribution in [0.3, 0.4) is 0 Å². The molecule has 8 heteroatoms. The van der Waals surface area contributed by atoms with Gasteiger partial charge in [-0.1, -0.05) is 11.8 Å². The van der Waals surface area contributed by atoms with Crippen LogP contribution in [0.25, 0.3) is 11.5 Å². The number of aromatic amines is 1. The molecule has 0 aliphatic heterocycles. The molecule has 1 atom stereocenters. The number of aromatic nitrogens is 5. The lowest BCUT2D eigenvalue weighted by Crippen LogP contribution is -1.89. The quantitative estimate of drug-likeness (QED) is 0.744. The second kappa shape index (κ2) is 5.41. The SMILES string of the molecule is C[C@@H](Sc1ncn[nH]1)c1nnc(-c2ccc(F)cc2)o1. The summed E-state index contributed by atoms with van der Waals surface area (Å²) in [5.74, 6) is 0.540. The van der Waals surface area contributed by atoms with Crippen molar-refractivity contribution in [2.75, 3.05) is 0 Å². The van der Waals surface area contributed by atoms with Gasteiger partial charge in [-0.3, -0.25) is 5.10 Å². The summed E-state index contributed by atoms with van der Waals surface area (Å²) in [6, 6.07) is 5.90. The molecule has 3 aromatic rings. The molecular formula is C12H10FN5OS. The highest BCUT2D eigenvalue weighted by molar-refractivity contribution is 7.99. The van der Waals surface area contributed by atoms with E-state index in [1.54, 1.807) is 12.1 Å². The zero-order chi connectivity index (χ0) is 13.9. The van der Waals surface area contributed by atoms with Crippen molar-refractivity contribution in [2.24, 2.45) is 0 Å². The van der Waals surface area contributed by atoms with Gasteiger partial charge >= 0.3 is 0 Å². The molecule has 20 heavy (non-hydrogen) atoms. The van der Waals surface area contributed by atoms with Gasteiger partial charge in [0.05, 0.1) is 5.25 Å². The van der Waals surface area contributed by atoms with Crippen molar-refractivity contribution >= 4 is 11.8 Å². The number of nitrogens with zero attached hydrogens (tertiary/aromatic N) is 4. The van der Waals surface area contributed by atoms with Crippen LogP contribution in [0.15, 0.2) is 40.2 Å². The Morgan fingerprint density at radius 2 is 2.05 bits per heavy atom. The summed E-state index contributed by atoms with van der Waals surface area (Å²) in [7, 11) is 0. The number of thioether (sulfide) groups is 1. The third-order valence-corrected chi connectivity index (χ3v) is 3.54. The highest BCUT2D eigenvalue weighted by atomic mass is 32.2. The number of hydrogen-bond donors (Lipinski definition) is 1. The zero-order valence-electron chi connectivity index (χ0n) is 10.4. The van der Waals surface area contributed by atoms with Crippen molar-refractivity contribution in [3.8, 4) is 11.5 Å². The van der Waals surface area contributed by atoms with Gasteiger partial charge in [-0.25, -0.2) is 9.37 Å². The fourth-order valence-corrected chi connectivity index (χ4v) is 2.32. The molecule has 6 nitrogen and oxygen atoms in total. The molecular weight excluding hydrogens is 281 g/mol. The maximum Gasteiger partial charge on any atom is 0.247 e. The Hall–Kier alpha value is -2.22. The topological polar surface area (TPSA) is 80.5 Å². The Kier molecular flexibility index (Phi) is 3.46. The lowest BCUT2D eigenvalue weighted by atomic mass is 10.2. The first-order valence-electron chi connectivity index (χ1n) is 5.84. The van der Waals surface area contributed by atoms with Crippen LogP contribution in [-0.2, 0) is 0 Å². The van der Waals surface area contributed by atoms with Gasteiger partial charge < -0.3 is 4.42 Å². The third kappa shape index (κ3) is 2.69. The lowest BCUT2D eigenvalue weighted by molar-refractivity contribution is 0.509. The minimum atomic E-state index is -0.303. The van der Waals surface area contributed by atoms with Crippen LogP contribution in [0.2, 0.25) is 0 Å². The van der Waals surface area contributed by atoms with E-state index in [-0.39, 0.29) is 11.1 Å². The average molecular weight is 291 g/mol. The van der Waals surface area contributed by atoms with Gasteiger partial charge in [0.1, 0.15) is 12.1 Å². The standard InChI is InChI=1S/C12H10FN5OS/c1-7(20-12-14-6-15-18-12)10-16-17-11(19-10)8-2-4-9(13)5-3-8/h2-7H,1H3,(H,14,15,18)/t7-/m1/s1. The van der Waals surface area contributed by atoms with Crippen molar-refractivity contribution in [1.82, 2.24) is 25.4 Å². The molecule has 0 radical (unpaired) electrons. The fraction of sp³-hybridized carbons (Fsp3) is 0.167. The maximum absolute atomic E-state index is 12.9. The van der Waals surface area contributed by atoms with E-state index in [2.05, 4.69) is 25.4 Å². The van der Waals surface area contributed by atoms with Crippen molar-refractivity contribution in [3.05, 3.63) is 42.3 Å². The van der Waals surface area contributed by atoms with Gasteiger partial charge in [-0.15, -0.1) is 10.2 Å². The van der Waals surface area contributed by atoms with Crippen LogP contribution in [0.5, 0.6) is 0 Å². The van der Waals surface area contributed by atoms with Crippen molar-refractivity contribution < 1.29 is 8.81 Å². The predicted octanol–water partition coefficient (Wildman–Crippen LogP) is 2.85. The van der Waals surface area contributed by atoms with E-state index in [9.17, 15) is 4.39 Å². The minimum absolute atomic E-state index is 0.0651. The monoisotopic (exact) mass is 291 g/mol. The first-order valence-corrected chi connectivity index (χ1v) is 6.71. The van der Waals surface area contributed by atoms with E-state index in [4.69, 9.17) is 4.42 Å². The third-order valence-electron chi connectivity index (χ3n) is 2.56. The molecule has 0 bridgehead atoms. The molecule has 2 aromatic heterocycles. The van der Waals surface area contributed by atoms with E-state index in [0.29, 0.717) is 22.5 Å². The summed E-state index contributed by atoms with van der Waals surface area (Å²) >= 11 is 1.43. The van der Waals surface area contributed by atoms with Gasteiger partial charge in [0, 0.05) is 5.56 Å². The van der Waals surface area contributed by atoms with E-state index in [1.807, 2.05) is 6.92 Å². The Bertz CT molecular complexity index is 682. The summed E-state index contributed by atoms with van der Waals surface area (Å²) in [4.78, 5) is 4.02. The molecule has 3 rings (SSSR count).